The molecule has 0 saturated heterocycles. The van der Waals surface area contributed by atoms with Crippen LogP contribution in [0.3, 0.4) is 0 Å². The molecule has 0 radical (unpaired) electrons. The molecule has 2 N–H and O–H groups in total. The number of carboxylic acid groups (broad SMARTS) is 1. The lowest BCUT2D eigenvalue weighted by atomic mass is 10.2. The van der Waals surface area contributed by atoms with Gasteiger partial charge in [0.15, 0.2) is 0 Å². The average Bonchev–Trinajstić information content (AvgIpc) is 3.14. The molecule has 1 aliphatic rings. The predicted octanol–water partition coefficient (Wildman–Crippen LogP) is 2.80. The second kappa shape index (κ2) is 6.30. The maximum Gasteiger partial charge on any atom is 0.337 e. The fourth-order valence-electron chi connectivity index (χ4n) is 1.55. The molecule has 1 aromatic carbocycles. The summed E-state index contributed by atoms with van der Waals surface area (Å²) in [4.78, 5) is 23.2. The summed E-state index contributed by atoms with van der Waals surface area (Å²) in [5, 5.41) is 12.1. The maximum absolute atomic E-state index is 11.5. The number of hydrogen-bond acceptors (Lipinski definition) is 3. The first-order valence-corrected chi connectivity index (χ1v) is 7.37. The van der Waals surface area contributed by atoms with Crippen LogP contribution in [-0.2, 0) is 4.79 Å². The Morgan fingerprint density at radius 3 is 2.79 bits per heavy atom. The number of carboxylic acids is 1. The van der Waals surface area contributed by atoms with E-state index in [1.54, 1.807) is 12.1 Å². The number of thioether (sulfide) groups is 1. The zero-order valence-electron chi connectivity index (χ0n) is 10.2. The molecule has 1 fully saturated rings. The number of rotatable bonds is 6. The number of carbonyl (C=O) groups excluding carboxylic acids is 1. The zero-order valence-corrected chi connectivity index (χ0v) is 11.8. The number of benzene rings is 1. The van der Waals surface area contributed by atoms with E-state index >= 15 is 0 Å². The van der Waals surface area contributed by atoms with Crippen molar-refractivity contribution in [3.8, 4) is 0 Å². The van der Waals surface area contributed by atoms with E-state index in [-0.39, 0.29) is 16.5 Å². The number of aromatic carboxylic acids is 1. The van der Waals surface area contributed by atoms with Crippen molar-refractivity contribution in [2.45, 2.75) is 30.2 Å². The molecular formula is C13H14ClNO3S. The van der Waals surface area contributed by atoms with Crippen LogP contribution in [0.15, 0.2) is 23.1 Å². The minimum absolute atomic E-state index is 0.0578. The normalized spacial score (nSPS) is 14.2. The molecule has 0 aromatic heterocycles. The fourth-order valence-corrected chi connectivity index (χ4v) is 2.63. The van der Waals surface area contributed by atoms with Gasteiger partial charge in [0.25, 0.3) is 0 Å². The van der Waals surface area contributed by atoms with Crippen LogP contribution in [0.2, 0.25) is 5.02 Å². The lowest BCUT2D eigenvalue weighted by Gasteiger charge is -2.05. The molecule has 1 amide bonds. The Morgan fingerprint density at radius 1 is 1.42 bits per heavy atom. The van der Waals surface area contributed by atoms with Crippen LogP contribution in [0.25, 0.3) is 0 Å². The third kappa shape index (κ3) is 4.44. The first-order valence-electron chi connectivity index (χ1n) is 6.01. The third-order valence-corrected chi connectivity index (χ3v) is 4.03. The molecule has 6 heteroatoms. The molecule has 1 saturated carbocycles. The Balaban J connectivity index is 1.83. The Kier molecular flexibility index (Phi) is 4.71. The number of hydrogen-bond donors (Lipinski definition) is 2. The van der Waals surface area contributed by atoms with Crippen LogP contribution in [0, 0.1) is 0 Å². The highest BCUT2D eigenvalue weighted by Gasteiger charge is 2.22. The van der Waals surface area contributed by atoms with Gasteiger partial charge in [-0.2, -0.15) is 0 Å². The smallest absolute Gasteiger partial charge is 0.337 e. The minimum Gasteiger partial charge on any atom is -0.478 e. The van der Waals surface area contributed by atoms with Crippen molar-refractivity contribution in [2.24, 2.45) is 0 Å². The lowest BCUT2D eigenvalue weighted by Crippen LogP contribution is -2.25. The van der Waals surface area contributed by atoms with Gasteiger partial charge in [-0.15, -0.1) is 11.8 Å². The van der Waals surface area contributed by atoms with Gasteiger partial charge in [-0.05, 0) is 31.0 Å². The molecule has 1 aromatic rings. The minimum atomic E-state index is -1.04. The van der Waals surface area contributed by atoms with Crippen molar-refractivity contribution in [2.75, 3.05) is 5.75 Å². The van der Waals surface area contributed by atoms with E-state index in [1.807, 2.05) is 0 Å². The van der Waals surface area contributed by atoms with Gasteiger partial charge in [0, 0.05) is 23.1 Å². The first kappa shape index (κ1) is 14.2. The summed E-state index contributed by atoms with van der Waals surface area (Å²) in [6, 6.07) is 5.25. The second-order valence-electron chi connectivity index (χ2n) is 4.39. The summed E-state index contributed by atoms with van der Waals surface area (Å²) in [5.41, 5.74) is 0.0918. The highest BCUT2D eigenvalue weighted by atomic mass is 35.5. The topological polar surface area (TPSA) is 66.4 Å². The van der Waals surface area contributed by atoms with Crippen molar-refractivity contribution in [1.29, 1.82) is 0 Å². The SMILES string of the molecule is O=C(CCSc1ccc(Cl)c(C(=O)O)c1)NC1CC1. The molecule has 0 unspecified atom stereocenters. The first-order chi connectivity index (χ1) is 9.06. The van der Waals surface area contributed by atoms with Crippen LogP contribution in [0.5, 0.6) is 0 Å². The Hall–Kier alpha value is -1.20. The lowest BCUT2D eigenvalue weighted by molar-refractivity contribution is -0.120. The predicted molar refractivity (Wildman–Crippen MR) is 74.9 cm³/mol. The van der Waals surface area contributed by atoms with Crippen molar-refractivity contribution in [3.63, 3.8) is 0 Å². The van der Waals surface area contributed by atoms with Crippen molar-refractivity contribution >= 4 is 35.2 Å². The van der Waals surface area contributed by atoms with Gasteiger partial charge in [0.1, 0.15) is 0 Å². The zero-order chi connectivity index (χ0) is 13.8. The van der Waals surface area contributed by atoms with Gasteiger partial charge in [-0.25, -0.2) is 4.79 Å². The van der Waals surface area contributed by atoms with E-state index < -0.39 is 5.97 Å². The van der Waals surface area contributed by atoms with Gasteiger partial charge in [0.05, 0.1) is 10.6 Å². The molecule has 0 heterocycles. The van der Waals surface area contributed by atoms with E-state index in [0.717, 1.165) is 17.7 Å². The van der Waals surface area contributed by atoms with Crippen LogP contribution in [-0.4, -0.2) is 28.8 Å². The molecule has 102 valence electrons. The molecule has 0 aliphatic heterocycles. The Morgan fingerprint density at radius 2 is 2.16 bits per heavy atom. The Bertz CT molecular complexity index is 503. The molecule has 2 rings (SSSR count). The molecular weight excluding hydrogens is 286 g/mol. The summed E-state index contributed by atoms with van der Waals surface area (Å²) in [7, 11) is 0. The van der Waals surface area contributed by atoms with E-state index in [0.29, 0.717) is 18.2 Å². The van der Waals surface area contributed by atoms with Gasteiger partial charge >= 0.3 is 5.97 Å². The van der Waals surface area contributed by atoms with Crippen molar-refractivity contribution < 1.29 is 14.7 Å². The standard InChI is InChI=1S/C13H14ClNO3S/c14-11-4-3-9(7-10(11)13(17)18)19-6-5-12(16)15-8-1-2-8/h3-4,7-8H,1-2,5-6H2,(H,15,16)(H,17,18). The summed E-state index contributed by atoms with van der Waals surface area (Å²) < 4.78 is 0. The number of carbonyl (C=O) groups is 2. The second-order valence-corrected chi connectivity index (χ2v) is 5.96. The van der Waals surface area contributed by atoms with Crippen LogP contribution in [0.4, 0.5) is 0 Å². The Labute approximate surface area is 120 Å². The summed E-state index contributed by atoms with van der Waals surface area (Å²) >= 11 is 7.24. The molecule has 0 atom stereocenters. The maximum atomic E-state index is 11.5. The van der Waals surface area contributed by atoms with Crippen LogP contribution < -0.4 is 5.32 Å². The van der Waals surface area contributed by atoms with E-state index in [4.69, 9.17) is 16.7 Å². The molecule has 0 spiro atoms. The molecule has 19 heavy (non-hydrogen) atoms. The van der Waals surface area contributed by atoms with E-state index in [2.05, 4.69) is 5.32 Å². The van der Waals surface area contributed by atoms with E-state index in [9.17, 15) is 9.59 Å². The third-order valence-electron chi connectivity index (χ3n) is 2.71. The highest BCUT2D eigenvalue weighted by Crippen LogP contribution is 2.25. The van der Waals surface area contributed by atoms with Gasteiger partial charge < -0.3 is 10.4 Å². The van der Waals surface area contributed by atoms with Crippen LogP contribution in [0.1, 0.15) is 29.6 Å². The summed E-state index contributed by atoms with van der Waals surface area (Å²) in [6.45, 7) is 0. The van der Waals surface area contributed by atoms with Gasteiger partial charge in [0.2, 0.25) is 5.91 Å². The highest BCUT2D eigenvalue weighted by molar-refractivity contribution is 7.99. The summed E-state index contributed by atoms with van der Waals surface area (Å²) in [5.74, 6) is -0.361. The van der Waals surface area contributed by atoms with Crippen LogP contribution >= 0.6 is 23.4 Å². The molecule has 4 nitrogen and oxygen atoms in total. The van der Waals surface area contributed by atoms with E-state index in [1.165, 1.54) is 17.8 Å². The van der Waals surface area contributed by atoms with Crippen molar-refractivity contribution in [1.82, 2.24) is 5.32 Å². The summed E-state index contributed by atoms with van der Waals surface area (Å²) in [6.07, 6.45) is 2.60. The number of halogens is 1. The average molecular weight is 300 g/mol. The number of amides is 1. The molecule has 0 bridgehead atoms. The molecule has 1 aliphatic carbocycles. The fraction of sp³-hybridized carbons (Fsp3) is 0.385. The van der Waals surface area contributed by atoms with Gasteiger partial charge in [-0.3, -0.25) is 4.79 Å². The number of nitrogens with one attached hydrogen (secondary N) is 1. The van der Waals surface area contributed by atoms with Crippen molar-refractivity contribution in [3.05, 3.63) is 28.8 Å². The monoisotopic (exact) mass is 299 g/mol. The largest absolute Gasteiger partial charge is 0.478 e. The van der Waals surface area contributed by atoms with Gasteiger partial charge in [-0.1, -0.05) is 11.6 Å². The quantitative estimate of drug-likeness (QED) is 0.793.